The first kappa shape index (κ1) is 28.1. The summed E-state index contributed by atoms with van der Waals surface area (Å²) in [5, 5.41) is 18.9. The normalized spacial score (nSPS) is 14.6. The largest absolute Gasteiger partial charge is 0.481 e. The smallest absolute Gasteiger partial charge is 0.306 e. The molecule has 10 heteroatoms. The molecule has 1 saturated heterocycles. The predicted octanol–water partition coefficient (Wildman–Crippen LogP) is 6.36. The number of anilines is 1. The lowest BCUT2D eigenvalue weighted by atomic mass is 9.95. The van der Waals surface area contributed by atoms with Crippen LogP contribution in [0.25, 0.3) is 10.6 Å². The van der Waals surface area contributed by atoms with Crippen LogP contribution >= 0.6 is 22.9 Å². The van der Waals surface area contributed by atoms with Gasteiger partial charge in [0.2, 0.25) is 5.13 Å². The highest BCUT2D eigenvalue weighted by atomic mass is 35.5. The molecule has 0 aliphatic carbocycles. The standard InChI is InChI=1S/C28H32ClFN4O3S/c1-4-5-11-34(26(35)21-7-6-8-23(29)24(21)30)28-32-31-25(38-28)20-14-17(2)22(18(3)15-20)16-33-12-9-19(10-13-33)27(36)37/h6-8,14-15,19H,4-5,9-13,16H2,1-3H3,(H,36,37). The number of aliphatic carboxylic acids is 1. The zero-order valence-electron chi connectivity index (χ0n) is 21.8. The molecule has 0 saturated carbocycles. The molecule has 2 heterocycles. The molecule has 4 rings (SSSR count). The van der Waals surface area contributed by atoms with Crippen molar-refractivity contribution in [2.75, 3.05) is 24.5 Å². The SMILES string of the molecule is CCCCN(C(=O)c1cccc(Cl)c1F)c1nnc(-c2cc(C)c(CN3CCC(C(=O)O)CC3)c(C)c2)s1. The highest BCUT2D eigenvalue weighted by Gasteiger charge is 2.27. The summed E-state index contributed by atoms with van der Waals surface area (Å²) in [6.45, 7) is 8.86. The van der Waals surface area contributed by atoms with Gasteiger partial charge in [-0.05, 0) is 87.2 Å². The maximum Gasteiger partial charge on any atom is 0.306 e. The average Bonchev–Trinajstić information content (AvgIpc) is 3.38. The first-order valence-electron chi connectivity index (χ1n) is 12.8. The molecule has 1 amide bonds. The van der Waals surface area contributed by atoms with Crippen LogP contribution in [-0.2, 0) is 11.3 Å². The molecule has 0 atom stereocenters. The number of piperidine rings is 1. The Hall–Kier alpha value is -2.88. The van der Waals surface area contributed by atoms with Gasteiger partial charge in [0.15, 0.2) is 5.82 Å². The number of aryl methyl sites for hydroxylation is 2. The fraction of sp³-hybridized carbons (Fsp3) is 0.429. The number of amides is 1. The minimum atomic E-state index is -0.737. The van der Waals surface area contributed by atoms with E-state index in [9.17, 15) is 19.1 Å². The van der Waals surface area contributed by atoms with Crippen molar-refractivity contribution in [1.82, 2.24) is 15.1 Å². The number of benzene rings is 2. The summed E-state index contributed by atoms with van der Waals surface area (Å²) in [6, 6.07) is 8.56. The molecule has 0 spiro atoms. The third-order valence-electron chi connectivity index (χ3n) is 7.07. The number of halogens is 2. The minimum Gasteiger partial charge on any atom is -0.481 e. The molecule has 0 bridgehead atoms. The van der Waals surface area contributed by atoms with Crippen LogP contribution in [0.15, 0.2) is 30.3 Å². The Morgan fingerprint density at radius 3 is 2.50 bits per heavy atom. The van der Waals surface area contributed by atoms with Crippen LogP contribution in [0.2, 0.25) is 5.02 Å². The Morgan fingerprint density at radius 1 is 1.18 bits per heavy atom. The average molecular weight is 559 g/mol. The van der Waals surface area contributed by atoms with Crippen LogP contribution in [0.3, 0.4) is 0 Å². The molecular weight excluding hydrogens is 527 g/mol. The third-order valence-corrected chi connectivity index (χ3v) is 8.36. The monoisotopic (exact) mass is 558 g/mol. The first-order valence-corrected chi connectivity index (χ1v) is 14.0. The molecule has 2 aromatic carbocycles. The van der Waals surface area contributed by atoms with Crippen molar-refractivity contribution >= 4 is 39.9 Å². The topological polar surface area (TPSA) is 86.6 Å². The molecule has 0 radical (unpaired) electrons. The summed E-state index contributed by atoms with van der Waals surface area (Å²) in [6.07, 6.45) is 2.94. The van der Waals surface area contributed by atoms with Crippen molar-refractivity contribution in [3.8, 4) is 10.6 Å². The van der Waals surface area contributed by atoms with Crippen LogP contribution in [0, 0.1) is 25.6 Å². The zero-order chi connectivity index (χ0) is 27.4. The van der Waals surface area contributed by atoms with Gasteiger partial charge in [-0.2, -0.15) is 0 Å². The minimum absolute atomic E-state index is 0.0891. The van der Waals surface area contributed by atoms with Crippen LogP contribution in [0.4, 0.5) is 9.52 Å². The molecule has 1 fully saturated rings. The van der Waals surface area contributed by atoms with E-state index in [-0.39, 0.29) is 16.5 Å². The lowest BCUT2D eigenvalue weighted by Gasteiger charge is -2.31. The summed E-state index contributed by atoms with van der Waals surface area (Å²) in [5.74, 6) is -2.18. The van der Waals surface area contributed by atoms with Gasteiger partial charge in [0.05, 0.1) is 16.5 Å². The number of carboxylic acids is 1. The first-order chi connectivity index (χ1) is 18.2. The van der Waals surface area contributed by atoms with Gasteiger partial charge in [-0.15, -0.1) is 10.2 Å². The number of carboxylic acid groups (broad SMARTS) is 1. The highest BCUT2D eigenvalue weighted by Crippen LogP contribution is 2.33. The van der Waals surface area contributed by atoms with Crippen LogP contribution < -0.4 is 4.90 Å². The van der Waals surface area contributed by atoms with Crippen LogP contribution in [0.1, 0.15) is 59.7 Å². The number of likely N-dealkylation sites (tertiary alicyclic amines) is 1. The van der Waals surface area contributed by atoms with Crippen molar-refractivity contribution in [3.05, 3.63) is 63.4 Å². The molecular formula is C28H32ClFN4O3S. The fourth-order valence-electron chi connectivity index (χ4n) is 4.78. The van der Waals surface area contributed by atoms with Crippen molar-refractivity contribution in [2.45, 2.75) is 53.0 Å². The molecule has 7 nitrogen and oxygen atoms in total. The summed E-state index contributed by atoms with van der Waals surface area (Å²) >= 11 is 7.22. The Kier molecular flexibility index (Phi) is 9.12. The van der Waals surface area contributed by atoms with Gasteiger partial charge in [-0.25, -0.2) is 4.39 Å². The number of carbonyl (C=O) groups is 2. The number of aromatic nitrogens is 2. The number of carbonyl (C=O) groups excluding carboxylic acids is 1. The number of hydrogen-bond donors (Lipinski definition) is 1. The van der Waals surface area contributed by atoms with Gasteiger partial charge in [-0.1, -0.05) is 42.3 Å². The lowest BCUT2D eigenvalue weighted by molar-refractivity contribution is -0.143. The van der Waals surface area contributed by atoms with E-state index >= 15 is 0 Å². The number of unbranched alkanes of at least 4 members (excludes halogenated alkanes) is 1. The quantitative estimate of drug-likeness (QED) is 0.329. The van der Waals surface area contributed by atoms with Gasteiger partial charge in [-0.3, -0.25) is 19.4 Å². The molecule has 1 N–H and O–H groups in total. The predicted molar refractivity (Wildman–Crippen MR) is 148 cm³/mol. The van der Waals surface area contributed by atoms with Gasteiger partial charge < -0.3 is 5.11 Å². The van der Waals surface area contributed by atoms with Crippen LogP contribution in [-0.4, -0.2) is 51.7 Å². The molecule has 1 aliphatic heterocycles. The molecule has 202 valence electrons. The van der Waals surface area contributed by atoms with E-state index in [0.29, 0.717) is 29.5 Å². The number of hydrogen-bond acceptors (Lipinski definition) is 6. The van der Waals surface area contributed by atoms with Gasteiger partial charge in [0, 0.05) is 18.7 Å². The van der Waals surface area contributed by atoms with Gasteiger partial charge in [0.25, 0.3) is 5.91 Å². The molecule has 1 aliphatic rings. The number of nitrogens with zero attached hydrogens (tertiary/aromatic N) is 4. The maximum atomic E-state index is 14.6. The van der Waals surface area contributed by atoms with Crippen molar-refractivity contribution in [2.24, 2.45) is 5.92 Å². The second kappa shape index (κ2) is 12.3. The van der Waals surface area contributed by atoms with E-state index in [0.717, 1.165) is 49.2 Å². The molecule has 3 aromatic rings. The highest BCUT2D eigenvalue weighted by molar-refractivity contribution is 7.18. The maximum absolute atomic E-state index is 14.6. The Balaban J connectivity index is 1.55. The molecule has 0 unspecified atom stereocenters. The van der Waals surface area contributed by atoms with Crippen molar-refractivity contribution < 1.29 is 19.1 Å². The van der Waals surface area contributed by atoms with E-state index in [2.05, 4.69) is 41.1 Å². The summed E-state index contributed by atoms with van der Waals surface area (Å²) in [7, 11) is 0. The molecule has 38 heavy (non-hydrogen) atoms. The Morgan fingerprint density at radius 2 is 1.87 bits per heavy atom. The number of rotatable bonds is 9. The Labute approximate surface area is 231 Å². The van der Waals surface area contributed by atoms with Crippen LogP contribution in [0.5, 0.6) is 0 Å². The van der Waals surface area contributed by atoms with E-state index in [1.54, 1.807) is 6.07 Å². The summed E-state index contributed by atoms with van der Waals surface area (Å²) < 4.78 is 14.6. The summed E-state index contributed by atoms with van der Waals surface area (Å²) in [4.78, 5) is 28.3. The fourth-order valence-corrected chi connectivity index (χ4v) is 5.81. The lowest BCUT2D eigenvalue weighted by Crippen LogP contribution is -2.36. The zero-order valence-corrected chi connectivity index (χ0v) is 23.4. The second-order valence-electron chi connectivity index (χ2n) is 9.78. The van der Waals surface area contributed by atoms with Crippen molar-refractivity contribution in [1.29, 1.82) is 0 Å². The van der Waals surface area contributed by atoms with Gasteiger partial charge in [0.1, 0.15) is 5.01 Å². The third kappa shape index (κ3) is 6.22. The van der Waals surface area contributed by atoms with Crippen molar-refractivity contribution in [3.63, 3.8) is 0 Å². The molecule has 1 aromatic heterocycles. The van der Waals surface area contributed by atoms with Gasteiger partial charge >= 0.3 is 5.97 Å². The summed E-state index contributed by atoms with van der Waals surface area (Å²) in [5.41, 5.74) is 4.29. The Bertz CT molecular complexity index is 1300. The van der Waals surface area contributed by atoms with E-state index in [1.165, 1.54) is 33.9 Å². The second-order valence-corrected chi connectivity index (χ2v) is 11.1. The van der Waals surface area contributed by atoms with E-state index in [4.69, 9.17) is 11.6 Å². The van der Waals surface area contributed by atoms with E-state index in [1.807, 2.05) is 6.92 Å². The van der Waals surface area contributed by atoms with E-state index < -0.39 is 17.7 Å².